The largest absolute Gasteiger partial charge is 0.395 e. The van der Waals surface area contributed by atoms with Crippen molar-refractivity contribution >= 4 is 22.3 Å². The van der Waals surface area contributed by atoms with Crippen molar-refractivity contribution in [1.82, 2.24) is 19.9 Å². The molecular formula is C16H23N5OS. The van der Waals surface area contributed by atoms with Crippen LogP contribution in [-0.4, -0.2) is 51.2 Å². The van der Waals surface area contributed by atoms with E-state index < -0.39 is 0 Å². The van der Waals surface area contributed by atoms with Gasteiger partial charge in [-0.05, 0) is 33.2 Å². The molecule has 6 nitrogen and oxygen atoms in total. The van der Waals surface area contributed by atoms with E-state index in [4.69, 9.17) is 10.1 Å². The summed E-state index contributed by atoms with van der Waals surface area (Å²) in [5.74, 6) is 2.03. The quantitative estimate of drug-likeness (QED) is 0.875. The van der Waals surface area contributed by atoms with Crippen LogP contribution in [0.15, 0.2) is 12.3 Å². The molecule has 23 heavy (non-hydrogen) atoms. The lowest BCUT2D eigenvalue weighted by atomic mass is 9.97. The lowest BCUT2D eigenvalue weighted by molar-refractivity contribution is 0.159. The number of piperidine rings is 1. The molecule has 124 valence electrons. The summed E-state index contributed by atoms with van der Waals surface area (Å²) < 4.78 is 0. The number of likely N-dealkylation sites (tertiary alicyclic amines) is 1. The summed E-state index contributed by atoms with van der Waals surface area (Å²) in [6.45, 7) is 6.94. The van der Waals surface area contributed by atoms with Gasteiger partial charge >= 0.3 is 0 Å². The van der Waals surface area contributed by atoms with Crippen molar-refractivity contribution in [2.75, 3.05) is 31.6 Å². The van der Waals surface area contributed by atoms with Crippen molar-refractivity contribution in [2.24, 2.45) is 0 Å². The molecule has 1 aliphatic heterocycles. The molecule has 1 saturated heterocycles. The fraction of sp³-hybridized carbons (Fsp3) is 0.562. The molecular weight excluding hydrogens is 310 g/mol. The van der Waals surface area contributed by atoms with Crippen molar-refractivity contribution in [2.45, 2.75) is 32.6 Å². The normalized spacial score (nSPS) is 19.0. The van der Waals surface area contributed by atoms with Gasteiger partial charge in [-0.25, -0.2) is 15.0 Å². The molecule has 0 amide bonds. The van der Waals surface area contributed by atoms with Crippen molar-refractivity contribution in [3.63, 3.8) is 0 Å². The maximum atomic E-state index is 9.14. The van der Waals surface area contributed by atoms with Crippen LogP contribution < -0.4 is 5.32 Å². The molecule has 7 heteroatoms. The average molecular weight is 333 g/mol. The van der Waals surface area contributed by atoms with E-state index in [9.17, 15) is 0 Å². The third-order valence-electron chi connectivity index (χ3n) is 4.01. The highest BCUT2D eigenvalue weighted by Gasteiger charge is 2.23. The number of anilines is 2. The molecule has 1 unspecified atom stereocenters. The van der Waals surface area contributed by atoms with E-state index in [0.717, 1.165) is 54.9 Å². The number of nitrogens with one attached hydrogen (secondary N) is 1. The van der Waals surface area contributed by atoms with E-state index in [2.05, 4.69) is 20.2 Å². The second-order valence-corrected chi connectivity index (χ2v) is 7.25. The minimum Gasteiger partial charge on any atom is -0.395 e. The van der Waals surface area contributed by atoms with Crippen molar-refractivity contribution in [3.8, 4) is 0 Å². The number of hydrogen-bond acceptors (Lipinski definition) is 7. The van der Waals surface area contributed by atoms with Gasteiger partial charge in [0, 0.05) is 41.8 Å². The Morgan fingerprint density at radius 3 is 3.00 bits per heavy atom. The number of nitrogens with zero attached hydrogens (tertiary/aromatic N) is 4. The Kier molecular flexibility index (Phi) is 5.20. The first kappa shape index (κ1) is 16.3. The molecule has 2 aromatic rings. The van der Waals surface area contributed by atoms with Crippen LogP contribution in [0.5, 0.6) is 0 Å². The lowest BCUT2D eigenvalue weighted by Crippen LogP contribution is -2.36. The van der Waals surface area contributed by atoms with Crippen LogP contribution >= 0.6 is 11.3 Å². The maximum absolute atomic E-state index is 9.14. The highest BCUT2D eigenvalue weighted by atomic mass is 32.1. The third kappa shape index (κ3) is 4.25. The van der Waals surface area contributed by atoms with Crippen LogP contribution in [-0.2, 0) is 0 Å². The van der Waals surface area contributed by atoms with Crippen LogP contribution in [0.4, 0.5) is 10.9 Å². The van der Waals surface area contributed by atoms with Gasteiger partial charge in [0.05, 0.1) is 6.61 Å². The van der Waals surface area contributed by atoms with Gasteiger partial charge in [0.15, 0.2) is 5.13 Å². The first-order chi connectivity index (χ1) is 11.1. The molecule has 0 aromatic carbocycles. The average Bonchev–Trinajstić information content (AvgIpc) is 2.92. The molecule has 0 saturated carbocycles. The highest BCUT2D eigenvalue weighted by molar-refractivity contribution is 7.15. The number of hydrogen-bond donors (Lipinski definition) is 2. The van der Waals surface area contributed by atoms with Crippen LogP contribution in [0.25, 0.3) is 0 Å². The molecule has 1 fully saturated rings. The summed E-state index contributed by atoms with van der Waals surface area (Å²) in [4.78, 5) is 17.1. The maximum Gasteiger partial charge on any atom is 0.188 e. The summed E-state index contributed by atoms with van der Waals surface area (Å²) >= 11 is 1.62. The van der Waals surface area contributed by atoms with Crippen molar-refractivity contribution < 1.29 is 5.11 Å². The van der Waals surface area contributed by atoms with Gasteiger partial charge in [-0.3, -0.25) is 0 Å². The molecule has 0 bridgehead atoms. The molecule has 3 heterocycles. The SMILES string of the molecule is Cc1cc(Nc2ncc(C)s2)nc(C2CCCN(CCO)C2)n1. The first-order valence-corrected chi connectivity index (χ1v) is 8.84. The molecule has 1 atom stereocenters. The van der Waals surface area contributed by atoms with Crippen LogP contribution in [0.3, 0.4) is 0 Å². The molecule has 0 spiro atoms. The summed E-state index contributed by atoms with van der Waals surface area (Å²) in [6, 6.07) is 1.95. The van der Waals surface area contributed by atoms with Gasteiger partial charge in [-0.1, -0.05) is 0 Å². The van der Waals surface area contributed by atoms with Gasteiger partial charge in [0.1, 0.15) is 11.6 Å². The molecule has 0 radical (unpaired) electrons. The van der Waals surface area contributed by atoms with E-state index >= 15 is 0 Å². The smallest absolute Gasteiger partial charge is 0.188 e. The van der Waals surface area contributed by atoms with Crippen LogP contribution in [0.1, 0.15) is 35.2 Å². The number of rotatable bonds is 5. The topological polar surface area (TPSA) is 74.2 Å². The number of aliphatic hydroxyl groups excluding tert-OH is 1. The van der Waals surface area contributed by atoms with Crippen LogP contribution in [0.2, 0.25) is 0 Å². The summed E-state index contributed by atoms with van der Waals surface area (Å²) in [5.41, 5.74) is 0.963. The predicted octanol–water partition coefficient (Wildman–Crippen LogP) is 2.47. The third-order valence-corrected chi connectivity index (χ3v) is 4.84. The number of aromatic nitrogens is 3. The second-order valence-electron chi connectivity index (χ2n) is 6.02. The van der Waals surface area contributed by atoms with E-state index in [1.54, 1.807) is 11.3 Å². The van der Waals surface area contributed by atoms with E-state index in [1.807, 2.05) is 26.1 Å². The molecule has 2 N–H and O–H groups in total. The Bertz CT molecular complexity index is 658. The van der Waals surface area contributed by atoms with Gasteiger partial charge in [0.2, 0.25) is 0 Å². The Hall–Kier alpha value is -1.57. The minimum absolute atomic E-state index is 0.206. The van der Waals surface area contributed by atoms with E-state index in [-0.39, 0.29) is 6.61 Å². The fourth-order valence-electron chi connectivity index (χ4n) is 2.97. The Labute approximate surface area is 140 Å². The Morgan fingerprint density at radius 1 is 1.39 bits per heavy atom. The van der Waals surface area contributed by atoms with Crippen molar-refractivity contribution in [3.05, 3.63) is 28.7 Å². The zero-order chi connectivity index (χ0) is 16.2. The first-order valence-electron chi connectivity index (χ1n) is 8.02. The van der Waals surface area contributed by atoms with Crippen molar-refractivity contribution in [1.29, 1.82) is 0 Å². The van der Waals surface area contributed by atoms with Gasteiger partial charge < -0.3 is 15.3 Å². The summed E-state index contributed by atoms with van der Waals surface area (Å²) in [7, 11) is 0. The lowest BCUT2D eigenvalue weighted by Gasteiger charge is -2.31. The van der Waals surface area contributed by atoms with Gasteiger partial charge in [-0.2, -0.15) is 0 Å². The van der Waals surface area contributed by atoms with E-state index in [1.165, 1.54) is 4.88 Å². The summed E-state index contributed by atoms with van der Waals surface area (Å²) in [5, 5.41) is 13.3. The monoisotopic (exact) mass is 333 g/mol. The predicted molar refractivity (Wildman–Crippen MR) is 92.4 cm³/mol. The van der Waals surface area contributed by atoms with E-state index in [0.29, 0.717) is 5.92 Å². The molecule has 1 aliphatic rings. The molecule has 0 aliphatic carbocycles. The second kappa shape index (κ2) is 7.33. The molecule has 3 rings (SSSR count). The minimum atomic E-state index is 0.206. The number of β-amino-alcohol motifs (C(OH)–C–C–N with tert-alkyl or cyclic N) is 1. The van der Waals surface area contributed by atoms with Gasteiger partial charge in [-0.15, -0.1) is 11.3 Å². The zero-order valence-corrected chi connectivity index (χ0v) is 14.4. The Balaban J connectivity index is 1.77. The number of aliphatic hydroxyl groups is 1. The summed E-state index contributed by atoms with van der Waals surface area (Å²) in [6.07, 6.45) is 4.08. The molecule has 2 aromatic heterocycles. The zero-order valence-electron chi connectivity index (χ0n) is 13.6. The fourth-order valence-corrected chi connectivity index (χ4v) is 3.64. The number of aryl methyl sites for hydroxylation is 2. The Morgan fingerprint density at radius 2 is 2.26 bits per heavy atom. The standard InChI is InChI=1S/C16H23N5OS/c1-11-8-14(20-16-17-9-12(2)23-16)19-15(18-11)13-4-3-5-21(10-13)6-7-22/h8-9,13,22H,3-7,10H2,1-2H3,(H,17,18,19,20). The number of thiazole rings is 1. The van der Waals surface area contributed by atoms with Gasteiger partial charge in [0.25, 0.3) is 0 Å². The van der Waals surface area contributed by atoms with Crippen LogP contribution in [0, 0.1) is 13.8 Å². The highest BCUT2D eigenvalue weighted by Crippen LogP contribution is 2.27.